The number of tetrazole rings is 1. The maximum atomic E-state index is 13.3. The van der Waals surface area contributed by atoms with E-state index >= 15 is 0 Å². The highest BCUT2D eigenvalue weighted by molar-refractivity contribution is 5.80. The number of nitrogens with zero attached hydrogens (tertiary/aromatic N) is 5. The standard InChI is InChI=1S/C25H28N6O2/c1-30(16-17-8-4-3-5-9-17)23(24-27-28-29-31(24)19-10-6-7-11-19)21-15-18-14-20(33-2)12-13-22(18)26-25(21)32/h3-5,8-9,12-15,19,23H,6-7,10-11,16H2,1-2H3,(H,26,32). The molecular formula is C25H28N6O2. The van der Waals surface area contributed by atoms with Crippen LogP contribution in [-0.4, -0.2) is 44.2 Å². The van der Waals surface area contributed by atoms with Gasteiger partial charge in [-0.25, -0.2) is 4.68 Å². The SMILES string of the molecule is COc1ccc2[nH]c(=O)c(C(c3nnnn3C3CCCC3)N(C)Cc3ccccc3)cc2c1. The molecule has 1 saturated carbocycles. The topological polar surface area (TPSA) is 88.9 Å². The Morgan fingerprint density at radius 2 is 1.94 bits per heavy atom. The predicted octanol–water partition coefficient (Wildman–Crippen LogP) is 3.86. The van der Waals surface area contributed by atoms with E-state index in [0.717, 1.165) is 35.1 Å². The third-order valence-electron chi connectivity index (χ3n) is 6.52. The van der Waals surface area contributed by atoms with Crippen LogP contribution in [0.1, 0.15) is 54.7 Å². The van der Waals surface area contributed by atoms with Gasteiger partial charge in [-0.05, 0) is 60.1 Å². The summed E-state index contributed by atoms with van der Waals surface area (Å²) in [5, 5.41) is 13.7. The largest absolute Gasteiger partial charge is 0.497 e. The number of benzene rings is 2. The lowest BCUT2D eigenvalue weighted by molar-refractivity contribution is 0.247. The molecule has 1 fully saturated rings. The van der Waals surface area contributed by atoms with E-state index in [4.69, 9.17) is 4.74 Å². The molecule has 0 radical (unpaired) electrons. The van der Waals surface area contributed by atoms with Crippen molar-refractivity contribution in [3.05, 3.63) is 81.9 Å². The van der Waals surface area contributed by atoms with Crippen molar-refractivity contribution in [2.45, 2.75) is 44.3 Å². The highest BCUT2D eigenvalue weighted by atomic mass is 16.5. The Morgan fingerprint density at radius 3 is 2.70 bits per heavy atom. The molecular weight excluding hydrogens is 416 g/mol. The minimum Gasteiger partial charge on any atom is -0.497 e. The predicted molar refractivity (Wildman–Crippen MR) is 126 cm³/mol. The average Bonchev–Trinajstić information content (AvgIpc) is 3.52. The van der Waals surface area contributed by atoms with Crippen molar-refractivity contribution in [3.63, 3.8) is 0 Å². The zero-order chi connectivity index (χ0) is 22.8. The lowest BCUT2D eigenvalue weighted by Crippen LogP contribution is -2.33. The fourth-order valence-electron chi connectivity index (χ4n) is 4.86. The Bertz CT molecular complexity index is 1290. The Morgan fingerprint density at radius 1 is 1.15 bits per heavy atom. The molecule has 1 N–H and O–H groups in total. The molecule has 2 aromatic carbocycles. The molecule has 8 nitrogen and oxygen atoms in total. The molecule has 0 bridgehead atoms. The normalized spacial score (nSPS) is 15.4. The molecule has 4 aromatic rings. The van der Waals surface area contributed by atoms with Crippen LogP contribution in [0.5, 0.6) is 5.75 Å². The third-order valence-corrected chi connectivity index (χ3v) is 6.52. The van der Waals surface area contributed by atoms with Gasteiger partial charge in [0, 0.05) is 23.0 Å². The number of H-pyrrole nitrogens is 1. The molecule has 0 amide bonds. The fraction of sp³-hybridized carbons (Fsp3) is 0.360. The van der Waals surface area contributed by atoms with E-state index in [1.807, 2.05) is 54.2 Å². The smallest absolute Gasteiger partial charge is 0.253 e. The number of pyridine rings is 1. The first-order chi connectivity index (χ1) is 16.1. The Kier molecular flexibility index (Phi) is 5.92. The first-order valence-electron chi connectivity index (χ1n) is 11.4. The second-order valence-electron chi connectivity index (χ2n) is 8.73. The van der Waals surface area contributed by atoms with Crippen LogP contribution in [0.3, 0.4) is 0 Å². The summed E-state index contributed by atoms with van der Waals surface area (Å²) < 4.78 is 7.34. The van der Waals surface area contributed by atoms with Crippen LogP contribution in [0.25, 0.3) is 10.9 Å². The van der Waals surface area contributed by atoms with Crippen molar-refractivity contribution in [2.75, 3.05) is 14.2 Å². The third kappa shape index (κ3) is 4.26. The number of fused-ring (bicyclic) bond motifs is 1. The van der Waals surface area contributed by atoms with Crippen LogP contribution < -0.4 is 10.3 Å². The van der Waals surface area contributed by atoms with Gasteiger partial charge in [0.25, 0.3) is 5.56 Å². The number of rotatable bonds is 7. The summed E-state index contributed by atoms with van der Waals surface area (Å²) in [6, 6.07) is 17.7. The van der Waals surface area contributed by atoms with Gasteiger partial charge in [0.1, 0.15) is 11.8 Å². The lowest BCUT2D eigenvalue weighted by Gasteiger charge is -2.28. The Hall–Kier alpha value is -3.52. The quantitative estimate of drug-likeness (QED) is 0.466. The summed E-state index contributed by atoms with van der Waals surface area (Å²) in [5.41, 5.74) is 2.40. The van der Waals surface area contributed by atoms with Gasteiger partial charge in [-0.3, -0.25) is 9.69 Å². The highest BCUT2D eigenvalue weighted by Crippen LogP contribution is 2.34. The van der Waals surface area contributed by atoms with E-state index in [2.05, 4.69) is 37.5 Å². The number of aromatic amines is 1. The fourth-order valence-corrected chi connectivity index (χ4v) is 4.86. The Balaban J connectivity index is 1.63. The molecule has 170 valence electrons. The summed E-state index contributed by atoms with van der Waals surface area (Å²) in [6.07, 6.45) is 4.45. The van der Waals surface area contributed by atoms with Gasteiger partial charge in [-0.1, -0.05) is 43.2 Å². The van der Waals surface area contributed by atoms with Gasteiger partial charge in [-0.15, -0.1) is 5.10 Å². The van der Waals surface area contributed by atoms with Gasteiger partial charge in [0.2, 0.25) is 0 Å². The molecule has 0 saturated heterocycles. The molecule has 2 aromatic heterocycles. The molecule has 5 rings (SSSR count). The van der Waals surface area contributed by atoms with Gasteiger partial charge >= 0.3 is 0 Å². The van der Waals surface area contributed by atoms with Gasteiger partial charge in [0.15, 0.2) is 5.82 Å². The van der Waals surface area contributed by atoms with Crippen molar-refractivity contribution in [3.8, 4) is 5.75 Å². The summed E-state index contributed by atoms with van der Waals surface area (Å²) in [5.74, 6) is 1.44. The van der Waals surface area contributed by atoms with Crippen molar-refractivity contribution in [2.24, 2.45) is 0 Å². The monoisotopic (exact) mass is 444 g/mol. The maximum absolute atomic E-state index is 13.3. The van der Waals surface area contributed by atoms with E-state index in [0.29, 0.717) is 17.9 Å². The van der Waals surface area contributed by atoms with Gasteiger partial charge < -0.3 is 9.72 Å². The van der Waals surface area contributed by atoms with Crippen molar-refractivity contribution in [1.29, 1.82) is 0 Å². The minimum atomic E-state index is -0.403. The van der Waals surface area contributed by atoms with E-state index in [1.165, 1.54) is 12.8 Å². The van der Waals surface area contributed by atoms with Crippen LogP contribution in [0.4, 0.5) is 0 Å². The molecule has 1 atom stereocenters. The second kappa shape index (κ2) is 9.15. The zero-order valence-electron chi connectivity index (χ0n) is 18.9. The van der Waals surface area contributed by atoms with Crippen LogP contribution in [0.2, 0.25) is 0 Å². The van der Waals surface area contributed by atoms with Crippen LogP contribution in [0.15, 0.2) is 59.4 Å². The Labute approximate surface area is 192 Å². The first kappa shape index (κ1) is 21.3. The van der Waals surface area contributed by atoms with E-state index in [-0.39, 0.29) is 11.6 Å². The lowest BCUT2D eigenvalue weighted by atomic mass is 10.0. The summed E-state index contributed by atoms with van der Waals surface area (Å²) in [7, 11) is 3.65. The highest BCUT2D eigenvalue weighted by Gasteiger charge is 2.31. The molecule has 1 aliphatic carbocycles. The van der Waals surface area contributed by atoms with Gasteiger partial charge in [0.05, 0.1) is 13.2 Å². The minimum absolute atomic E-state index is 0.140. The number of hydrogen-bond donors (Lipinski definition) is 1. The molecule has 0 spiro atoms. The van der Waals surface area contributed by atoms with E-state index < -0.39 is 6.04 Å². The summed E-state index contributed by atoms with van der Waals surface area (Å²) >= 11 is 0. The molecule has 1 aliphatic rings. The van der Waals surface area contributed by atoms with Crippen molar-refractivity contribution >= 4 is 10.9 Å². The molecule has 2 heterocycles. The molecule has 0 aliphatic heterocycles. The van der Waals surface area contributed by atoms with Crippen molar-refractivity contribution in [1.82, 2.24) is 30.1 Å². The number of hydrogen-bond acceptors (Lipinski definition) is 6. The van der Waals surface area contributed by atoms with E-state index in [1.54, 1.807) is 7.11 Å². The van der Waals surface area contributed by atoms with Crippen LogP contribution in [-0.2, 0) is 6.54 Å². The zero-order valence-corrected chi connectivity index (χ0v) is 18.9. The summed E-state index contributed by atoms with van der Waals surface area (Å²) in [6.45, 7) is 0.651. The molecule has 1 unspecified atom stereocenters. The average molecular weight is 445 g/mol. The maximum Gasteiger partial charge on any atom is 0.253 e. The van der Waals surface area contributed by atoms with E-state index in [9.17, 15) is 4.79 Å². The van der Waals surface area contributed by atoms with Crippen LogP contribution >= 0.6 is 0 Å². The second-order valence-corrected chi connectivity index (χ2v) is 8.73. The molecule has 33 heavy (non-hydrogen) atoms. The molecule has 8 heteroatoms. The number of aromatic nitrogens is 5. The van der Waals surface area contributed by atoms with Crippen molar-refractivity contribution < 1.29 is 4.74 Å². The number of ether oxygens (including phenoxy) is 1. The first-order valence-corrected chi connectivity index (χ1v) is 11.4. The van der Waals surface area contributed by atoms with Gasteiger partial charge in [-0.2, -0.15) is 0 Å². The summed E-state index contributed by atoms with van der Waals surface area (Å²) in [4.78, 5) is 18.5. The number of methoxy groups -OCH3 is 1. The van der Waals surface area contributed by atoms with Crippen LogP contribution in [0, 0.1) is 0 Å². The number of nitrogens with one attached hydrogen (secondary N) is 1.